The second kappa shape index (κ2) is 5.54. The van der Waals surface area contributed by atoms with Crippen LogP contribution in [0.2, 0.25) is 0 Å². The first-order valence-corrected chi connectivity index (χ1v) is 9.01. The van der Waals surface area contributed by atoms with Crippen molar-refractivity contribution in [1.82, 2.24) is 4.72 Å². The van der Waals surface area contributed by atoms with E-state index in [9.17, 15) is 21.6 Å². The molecule has 0 aliphatic rings. The van der Waals surface area contributed by atoms with Crippen LogP contribution in [0, 0.1) is 13.8 Å². The maximum Gasteiger partial charge on any atom is 0.340 e. The molecule has 1 aromatic rings. The SMILES string of the molecule is Cc1oc(C)c(S(=O)(=O)NCCS(C)(=O)=O)c1C(=O)O. The van der Waals surface area contributed by atoms with Gasteiger partial charge in [-0.3, -0.25) is 0 Å². The fourth-order valence-electron chi connectivity index (χ4n) is 1.67. The molecule has 114 valence electrons. The summed E-state index contributed by atoms with van der Waals surface area (Å²) in [6.07, 6.45) is 0.969. The third kappa shape index (κ3) is 3.81. The van der Waals surface area contributed by atoms with Crippen molar-refractivity contribution in [2.75, 3.05) is 18.6 Å². The summed E-state index contributed by atoms with van der Waals surface area (Å²) in [4.78, 5) is 10.6. The van der Waals surface area contributed by atoms with Crippen molar-refractivity contribution in [3.05, 3.63) is 17.1 Å². The summed E-state index contributed by atoms with van der Waals surface area (Å²) >= 11 is 0. The average molecular weight is 325 g/mol. The van der Waals surface area contributed by atoms with Crippen LogP contribution in [0.3, 0.4) is 0 Å². The van der Waals surface area contributed by atoms with Crippen LogP contribution in [-0.2, 0) is 19.9 Å². The smallest absolute Gasteiger partial charge is 0.340 e. The highest BCUT2D eigenvalue weighted by molar-refractivity contribution is 7.91. The van der Waals surface area contributed by atoms with Crippen molar-refractivity contribution in [3.8, 4) is 0 Å². The van der Waals surface area contributed by atoms with E-state index in [2.05, 4.69) is 4.72 Å². The molecule has 20 heavy (non-hydrogen) atoms. The van der Waals surface area contributed by atoms with E-state index in [1.165, 1.54) is 13.8 Å². The Labute approximate surface area is 116 Å². The number of aryl methyl sites for hydroxylation is 2. The lowest BCUT2D eigenvalue weighted by molar-refractivity contribution is 0.0691. The highest BCUT2D eigenvalue weighted by Crippen LogP contribution is 2.26. The predicted molar refractivity (Wildman–Crippen MR) is 70.0 cm³/mol. The van der Waals surface area contributed by atoms with Crippen LogP contribution in [0.15, 0.2) is 9.31 Å². The zero-order valence-corrected chi connectivity index (χ0v) is 12.8. The summed E-state index contributed by atoms with van der Waals surface area (Å²) in [7, 11) is -7.48. The molecule has 0 unspecified atom stereocenters. The Bertz CT molecular complexity index is 728. The molecule has 0 saturated carbocycles. The molecule has 2 N–H and O–H groups in total. The monoisotopic (exact) mass is 325 g/mol. The Kier molecular flexibility index (Phi) is 4.62. The third-order valence-electron chi connectivity index (χ3n) is 2.45. The van der Waals surface area contributed by atoms with Gasteiger partial charge in [-0.15, -0.1) is 0 Å². The average Bonchev–Trinajstić information content (AvgIpc) is 2.51. The third-order valence-corrected chi connectivity index (χ3v) is 5.01. The Morgan fingerprint density at radius 1 is 1.20 bits per heavy atom. The standard InChI is InChI=1S/C10H15NO7S2/c1-6-8(10(12)13)9(7(2)18-6)20(16,17)11-4-5-19(3,14)15/h11H,4-5H2,1-3H3,(H,12,13). The first kappa shape index (κ1) is 16.7. The van der Waals surface area contributed by atoms with Gasteiger partial charge in [-0.25, -0.2) is 26.4 Å². The van der Waals surface area contributed by atoms with Gasteiger partial charge < -0.3 is 9.52 Å². The number of hydrogen-bond donors (Lipinski definition) is 2. The number of hydrogen-bond acceptors (Lipinski definition) is 6. The number of nitrogens with one attached hydrogen (secondary N) is 1. The quantitative estimate of drug-likeness (QED) is 0.747. The zero-order valence-electron chi connectivity index (χ0n) is 11.1. The van der Waals surface area contributed by atoms with Crippen LogP contribution in [0.25, 0.3) is 0 Å². The first-order chi connectivity index (χ1) is 8.96. The minimum Gasteiger partial charge on any atom is -0.478 e. The van der Waals surface area contributed by atoms with Gasteiger partial charge >= 0.3 is 5.97 Å². The molecular weight excluding hydrogens is 310 g/mol. The first-order valence-electron chi connectivity index (χ1n) is 5.46. The highest BCUT2D eigenvalue weighted by atomic mass is 32.2. The lowest BCUT2D eigenvalue weighted by Crippen LogP contribution is -2.30. The molecule has 0 aliphatic heterocycles. The van der Waals surface area contributed by atoms with E-state index >= 15 is 0 Å². The van der Waals surface area contributed by atoms with Gasteiger partial charge in [0.25, 0.3) is 0 Å². The molecule has 1 rings (SSSR count). The summed E-state index contributed by atoms with van der Waals surface area (Å²) in [5, 5.41) is 9.03. The highest BCUT2D eigenvalue weighted by Gasteiger charge is 2.30. The fourth-order valence-corrected chi connectivity index (χ4v) is 3.70. The number of carbonyl (C=O) groups is 1. The Balaban J connectivity index is 3.14. The van der Waals surface area contributed by atoms with Crippen LogP contribution in [-0.4, -0.2) is 46.5 Å². The molecule has 8 nitrogen and oxygen atoms in total. The van der Waals surface area contributed by atoms with Crippen molar-refractivity contribution in [2.24, 2.45) is 0 Å². The summed E-state index contributed by atoms with van der Waals surface area (Å²) < 4.78 is 53.1. The molecule has 0 amide bonds. The van der Waals surface area contributed by atoms with Gasteiger partial charge in [0.15, 0.2) is 0 Å². The molecule has 0 bridgehead atoms. The van der Waals surface area contributed by atoms with Crippen molar-refractivity contribution < 1.29 is 31.2 Å². The second-order valence-corrected chi connectivity index (χ2v) is 8.21. The van der Waals surface area contributed by atoms with Crippen LogP contribution in [0.4, 0.5) is 0 Å². The van der Waals surface area contributed by atoms with E-state index < -0.39 is 36.3 Å². The zero-order chi connectivity index (χ0) is 15.7. The molecule has 0 aromatic carbocycles. The Morgan fingerprint density at radius 2 is 1.75 bits per heavy atom. The molecule has 0 spiro atoms. The molecule has 0 aliphatic carbocycles. The van der Waals surface area contributed by atoms with Crippen LogP contribution in [0.1, 0.15) is 21.9 Å². The summed E-state index contributed by atoms with van der Waals surface area (Å²) in [6, 6.07) is 0. The summed E-state index contributed by atoms with van der Waals surface area (Å²) in [6.45, 7) is 2.32. The topological polar surface area (TPSA) is 131 Å². The van der Waals surface area contributed by atoms with Crippen molar-refractivity contribution in [1.29, 1.82) is 0 Å². The number of sulfonamides is 1. The molecular formula is C10H15NO7S2. The minimum atomic E-state index is -4.16. The lowest BCUT2D eigenvalue weighted by Gasteiger charge is -2.06. The van der Waals surface area contributed by atoms with Crippen LogP contribution < -0.4 is 4.72 Å². The van der Waals surface area contributed by atoms with E-state index in [0.29, 0.717) is 0 Å². The van der Waals surface area contributed by atoms with Crippen molar-refractivity contribution >= 4 is 25.8 Å². The van der Waals surface area contributed by atoms with Gasteiger partial charge in [-0.2, -0.15) is 0 Å². The molecule has 0 radical (unpaired) electrons. The molecule has 1 heterocycles. The van der Waals surface area contributed by atoms with E-state index in [1.807, 2.05) is 0 Å². The molecule has 0 saturated heterocycles. The van der Waals surface area contributed by atoms with E-state index in [4.69, 9.17) is 9.52 Å². The molecule has 10 heteroatoms. The normalized spacial score (nSPS) is 12.6. The van der Waals surface area contributed by atoms with Gasteiger partial charge in [-0.1, -0.05) is 0 Å². The maximum absolute atomic E-state index is 12.0. The Morgan fingerprint density at radius 3 is 2.20 bits per heavy atom. The number of furan rings is 1. The number of carboxylic acid groups (broad SMARTS) is 1. The Hall–Kier alpha value is -1.39. The van der Waals surface area contributed by atoms with Gasteiger partial charge in [0.05, 0.1) is 5.75 Å². The predicted octanol–water partition coefficient (Wildman–Crippen LogP) is -0.0825. The van der Waals surface area contributed by atoms with E-state index in [1.54, 1.807) is 0 Å². The number of carboxylic acids is 1. The number of aromatic carboxylic acids is 1. The van der Waals surface area contributed by atoms with Gasteiger partial charge in [0.2, 0.25) is 10.0 Å². The summed E-state index contributed by atoms with van der Waals surface area (Å²) in [5.74, 6) is -1.90. The summed E-state index contributed by atoms with van der Waals surface area (Å²) in [5.41, 5.74) is -0.450. The second-order valence-electron chi connectivity index (χ2n) is 4.25. The fraction of sp³-hybridized carbons (Fsp3) is 0.500. The molecule has 1 aromatic heterocycles. The van der Waals surface area contributed by atoms with Crippen LogP contribution in [0.5, 0.6) is 0 Å². The van der Waals surface area contributed by atoms with Crippen molar-refractivity contribution in [2.45, 2.75) is 18.7 Å². The van der Waals surface area contributed by atoms with E-state index in [0.717, 1.165) is 6.26 Å². The molecule has 0 fully saturated rings. The van der Waals surface area contributed by atoms with Crippen molar-refractivity contribution in [3.63, 3.8) is 0 Å². The maximum atomic E-state index is 12.0. The van der Waals surface area contributed by atoms with E-state index in [-0.39, 0.29) is 23.8 Å². The van der Waals surface area contributed by atoms with Gasteiger partial charge in [0, 0.05) is 12.8 Å². The molecule has 0 atom stereocenters. The lowest BCUT2D eigenvalue weighted by atomic mass is 10.2. The number of sulfone groups is 1. The van der Waals surface area contributed by atoms with Gasteiger partial charge in [-0.05, 0) is 13.8 Å². The minimum absolute atomic E-state index is 0.0292. The largest absolute Gasteiger partial charge is 0.478 e. The number of rotatable bonds is 6. The van der Waals surface area contributed by atoms with Gasteiger partial charge in [0.1, 0.15) is 31.8 Å². The van der Waals surface area contributed by atoms with Crippen LogP contribution >= 0.6 is 0 Å².